The molecule has 1 aliphatic rings. The maximum atomic E-state index is 5.11. The molecule has 0 bridgehead atoms. The summed E-state index contributed by atoms with van der Waals surface area (Å²) in [6.07, 6.45) is 9.81. The Hall–Kier alpha value is -5.05. The highest BCUT2D eigenvalue weighted by atomic mass is 32.1. The molecule has 0 N–H and O–H groups in total. The van der Waals surface area contributed by atoms with Gasteiger partial charge in [-0.3, -0.25) is 0 Å². The van der Waals surface area contributed by atoms with Crippen LogP contribution in [-0.2, 0) is 6.42 Å². The van der Waals surface area contributed by atoms with Gasteiger partial charge in [0.05, 0.1) is 16.7 Å². The van der Waals surface area contributed by atoms with Crippen molar-refractivity contribution in [3.8, 4) is 16.8 Å². The summed E-state index contributed by atoms with van der Waals surface area (Å²) in [5.74, 6) is 0. The molecule has 252 valence electrons. The Kier molecular flexibility index (Phi) is 8.39. The quantitative estimate of drug-likeness (QED) is 0.167. The molecule has 8 rings (SSSR count). The van der Waals surface area contributed by atoms with Crippen molar-refractivity contribution >= 4 is 62.4 Å². The van der Waals surface area contributed by atoms with Crippen molar-refractivity contribution < 1.29 is 0 Å². The fourth-order valence-electron chi connectivity index (χ4n) is 8.64. The van der Waals surface area contributed by atoms with E-state index in [4.69, 9.17) is 12.6 Å². The number of nitrogens with zero attached hydrogens (tertiary/aromatic N) is 1. The van der Waals surface area contributed by atoms with Crippen molar-refractivity contribution in [2.24, 2.45) is 0 Å². The van der Waals surface area contributed by atoms with Crippen LogP contribution >= 0.6 is 12.6 Å². The topological polar surface area (TPSA) is 4.93 Å². The molecule has 6 aromatic carbocycles. The Morgan fingerprint density at radius 3 is 2.25 bits per heavy atom. The second kappa shape index (κ2) is 12.9. The van der Waals surface area contributed by atoms with Crippen LogP contribution in [0.3, 0.4) is 0 Å². The molecule has 0 aliphatic heterocycles. The summed E-state index contributed by atoms with van der Waals surface area (Å²) in [4.78, 5) is 1.08. The number of fused-ring (bicyclic) bond motifs is 5. The number of thiol groups is 1. The smallest absolute Gasteiger partial charge is 0.0547 e. The van der Waals surface area contributed by atoms with Gasteiger partial charge >= 0.3 is 0 Å². The highest BCUT2D eigenvalue weighted by molar-refractivity contribution is 7.80. The van der Waals surface area contributed by atoms with Crippen molar-refractivity contribution in [2.75, 3.05) is 0 Å². The zero-order valence-electron chi connectivity index (χ0n) is 30.6. The lowest BCUT2D eigenvalue weighted by Crippen LogP contribution is -2.06. The van der Waals surface area contributed by atoms with Gasteiger partial charge in [0.15, 0.2) is 0 Å². The minimum atomic E-state index is 0.971. The maximum absolute atomic E-state index is 5.11. The van der Waals surface area contributed by atoms with Crippen LogP contribution in [0.25, 0.3) is 66.6 Å². The van der Waals surface area contributed by atoms with Gasteiger partial charge in [-0.2, -0.15) is 0 Å². The monoisotopic (exact) mass is 679 g/mol. The van der Waals surface area contributed by atoms with E-state index in [2.05, 4.69) is 156 Å². The molecule has 1 aromatic heterocycles. The first-order chi connectivity index (χ1) is 24.7. The molecule has 0 atom stereocenters. The fraction of sp³-hybridized carbons (Fsp3) is 0.184. The predicted octanol–water partition coefficient (Wildman–Crippen LogP) is 13.9. The lowest BCUT2D eigenvalue weighted by Gasteiger charge is -2.22. The standard InChI is InChI=1S/C49H45NS/c1-8-34-13-10-11-16-41(34)42-28-43-39(25-30(42)4)22-24-46-47(43)44-27-38(37-15-12-14-36(26-37)35-19-17-29(3)18-20-35)21-23-45(44)50(46)48-31(5)40(9-2)32(6)49(51)33(48)7/h8,10-11,13-14,16-28,51H,1,9,12,15H2,2-7H3. The van der Waals surface area contributed by atoms with E-state index in [0.717, 1.165) is 29.7 Å². The fourth-order valence-corrected chi connectivity index (χ4v) is 8.88. The van der Waals surface area contributed by atoms with Crippen LogP contribution in [-0.4, -0.2) is 4.57 Å². The molecule has 1 nitrogen and oxygen atoms in total. The summed E-state index contributed by atoms with van der Waals surface area (Å²) in [6, 6.07) is 34.2. The summed E-state index contributed by atoms with van der Waals surface area (Å²) in [6.45, 7) is 17.5. The third kappa shape index (κ3) is 5.40. The first-order valence-electron chi connectivity index (χ1n) is 18.2. The largest absolute Gasteiger partial charge is 0.309 e. The third-order valence-electron chi connectivity index (χ3n) is 11.3. The van der Waals surface area contributed by atoms with Crippen molar-refractivity contribution in [3.05, 3.63) is 160 Å². The molecule has 0 unspecified atom stereocenters. The summed E-state index contributed by atoms with van der Waals surface area (Å²) >= 11 is 5.11. The van der Waals surface area contributed by atoms with Crippen LogP contribution in [0.4, 0.5) is 0 Å². The van der Waals surface area contributed by atoms with Crippen LogP contribution in [0.2, 0.25) is 0 Å². The summed E-state index contributed by atoms with van der Waals surface area (Å²) in [5, 5.41) is 5.11. The number of hydrogen-bond donors (Lipinski definition) is 1. The number of aryl methyl sites for hydroxylation is 2. The van der Waals surface area contributed by atoms with Gasteiger partial charge in [-0.05, 0) is 156 Å². The summed E-state index contributed by atoms with van der Waals surface area (Å²) in [5.41, 5.74) is 20.4. The number of allylic oxidation sites excluding steroid dienone is 4. The van der Waals surface area contributed by atoms with Crippen LogP contribution in [0.5, 0.6) is 0 Å². The van der Waals surface area contributed by atoms with E-state index in [1.54, 1.807) is 0 Å². The molecular formula is C49H45NS. The average molecular weight is 680 g/mol. The zero-order chi connectivity index (χ0) is 35.6. The van der Waals surface area contributed by atoms with Crippen molar-refractivity contribution in [1.29, 1.82) is 0 Å². The van der Waals surface area contributed by atoms with Gasteiger partial charge in [0.25, 0.3) is 0 Å². The van der Waals surface area contributed by atoms with E-state index < -0.39 is 0 Å². The summed E-state index contributed by atoms with van der Waals surface area (Å²) < 4.78 is 2.53. The number of hydrogen-bond acceptors (Lipinski definition) is 1. The maximum Gasteiger partial charge on any atom is 0.0547 e. The SMILES string of the molecule is C=Cc1ccccc1-c1cc2c(ccc3c2c2cc(C4=CC(c5ccc(C)cc5)=CCC4)ccc2n3-c2c(C)c(S)c(C)c(CC)c2C)cc1C. The Balaban J connectivity index is 1.46. The number of aromatic nitrogens is 1. The van der Waals surface area contributed by atoms with E-state index in [-0.39, 0.29) is 0 Å². The Bertz CT molecular complexity index is 2620. The van der Waals surface area contributed by atoms with E-state index in [1.807, 2.05) is 6.08 Å². The first-order valence-corrected chi connectivity index (χ1v) is 18.7. The highest BCUT2D eigenvalue weighted by Crippen LogP contribution is 2.44. The molecule has 0 radical (unpaired) electrons. The predicted molar refractivity (Wildman–Crippen MR) is 226 cm³/mol. The minimum absolute atomic E-state index is 0.971. The van der Waals surface area contributed by atoms with Crippen molar-refractivity contribution in [1.82, 2.24) is 4.57 Å². The molecule has 51 heavy (non-hydrogen) atoms. The normalized spacial score (nSPS) is 13.2. The molecule has 1 heterocycles. The van der Waals surface area contributed by atoms with Crippen LogP contribution in [0.1, 0.15) is 69.8 Å². The molecule has 1 aliphatic carbocycles. The van der Waals surface area contributed by atoms with Gasteiger partial charge in [-0.15, -0.1) is 12.6 Å². The molecule has 0 amide bonds. The van der Waals surface area contributed by atoms with Gasteiger partial charge < -0.3 is 4.57 Å². The second-order valence-electron chi connectivity index (χ2n) is 14.3. The van der Waals surface area contributed by atoms with Gasteiger partial charge in [-0.1, -0.05) is 104 Å². The number of benzene rings is 6. The Labute approximate surface area is 308 Å². The van der Waals surface area contributed by atoms with Crippen molar-refractivity contribution in [2.45, 2.75) is 65.7 Å². The highest BCUT2D eigenvalue weighted by Gasteiger charge is 2.23. The molecule has 7 aromatic rings. The third-order valence-corrected chi connectivity index (χ3v) is 12.0. The Morgan fingerprint density at radius 2 is 1.49 bits per heavy atom. The number of rotatable bonds is 6. The van der Waals surface area contributed by atoms with Crippen LogP contribution < -0.4 is 0 Å². The molecule has 0 saturated carbocycles. The van der Waals surface area contributed by atoms with E-state index in [1.165, 1.54) is 105 Å². The Morgan fingerprint density at radius 1 is 0.745 bits per heavy atom. The first kappa shape index (κ1) is 33.1. The lowest BCUT2D eigenvalue weighted by molar-refractivity contribution is 0.995. The summed E-state index contributed by atoms with van der Waals surface area (Å²) in [7, 11) is 0. The molecule has 2 heteroatoms. The lowest BCUT2D eigenvalue weighted by atomic mass is 9.89. The average Bonchev–Trinajstić information content (AvgIpc) is 3.48. The molecule has 0 saturated heterocycles. The second-order valence-corrected chi connectivity index (χ2v) is 14.8. The van der Waals surface area contributed by atoms with Gasteiger partial charge in [0, 0.05) is 15.7 Å². The molecule has 0 fully saturated rings. The van der Waals surface area contributed by atoms with Crippen molar-refractivity contribution in [3.63, 3.8) is 0 Å². The van der Waals surface area contributed by atoms with Gasteiger partial charge in [-0.25, -0.2) is 0 Å². The molecule has 0 spiro atoms. The minimum Gasteiger partial charge on any atom is -0.309 e. The molecular weight excluding hydrogens is 635 g/mol. The van der Waals surface area contributed by atoms with E-state index in [0.29, 0.717) is 0 Å². The van der Waals surface area contributed by atoms with Crippen LogP contribution in [0.15, 0.2) is 115 Å². The van der Waals surface area contributed by atoms with E-state index >= 15 is 0 Å². The van der Waals surface area contributed by atoms with Crippen LogP contribution in [0, 0.1) is 34.6 Å². The van der Waals surface area contributed by atoms with Gasteiger partial charge in [0.2, 0.25) is 0 Å². The zero-order valence-corrected chi connectivity index (χ0v) is 31.5. The van der Waals surface area contributed by atoms with E-state index in [9.17, 15) is 0 Å². The van der Waals surface area contributed by atoms with Gasteiger partial charge in [0.1, 0.15) is 0 Å².